The molecule has 1 aromatic carbocycles. The number of fused-ring (bicyclic) bond motifs is 1. The highest BCUT2D eigenvalue weighted by molar-refractivity contribution is 7.80. The molecule has 2 aliphatic rings. The molecular formula is C25H34N6OS. The molecule has 0 saturated carbocycles. The molecule has 1 aromatic heterocycles. The van der Waals surface area contributed by atoms with Crippen LogP contribution in [0.1, 0.15) is 29.5 Å². The maximum Gasteiger partial charge on any atom is 0.168 e. The van der Waals surface area contributed by atoms with Crippen LogP contribution in [-0.4, -0.2) is 85.5 Å². The second-order valence-electron chi connectivity index (χ2n) is 8.92. The second-order valence-corrected chi connectivity index (χ2v) is 9.30. The molecule has 7 nitrogen and oxygen atoms in total. The van der Waals surface area contributed by atoms with Crippen LogP contribution in [0.2, 0.25) is 0 Å². The summed E-state index contributed by atoms with van der Waals surface area (Å²) in [5.41, 5.74) is 4.03. The Balaban J connectivity index is 1.35. The molecule has 2 fully saturated rings. The minimum atomic E-state index is 0.642. The molecule has 8 heteroatoms. The van der Waals surface area contributed by atoms with Crippen molar-refractivity contribution in [2.24, 2.45) is 0 Å². The third kappa shape index (κ3) is 5.72. The lowest BCUT2D eigenvalue weighted by Crippen LogP contribution is -2.43. The fraction of sp³-hybridized carbons (Fsp3) is 0.560. The monoisotopic (exact) mass is 466 g/mol. The van der Waals surface area contributed by atoms with E-state index < -0.39 is 0 Å². The Kier molecular flexibility index (Phi) is 7.97. The first-order valence-electron chi connectivity index (χ1n) is 12.0. The van der Waals surface area contributed by atoms with Gasteiger partial charge in [-0.15, -0.1) is 0 Å². The van der Waals surface area contributed by atoms with Crippen LogP contribution in [0, 0.1) is 25.2 Å². The van der Waals surface area contributed by atoms with Crippen LogP contribution in [0.3, 0.4) is 0 Å². The Morgan fingerprint density at radius 1 is 1.15 bits per heavy atom. The first-order chi connectivity index (χ1) is 16.1. The normalized spacial score (nSPS) is 17.6. The van der Waals surface area contributed by atoms with Crippen molar-refractivity contribution in [2.45, 2.75) is 26.7 Å². The molecule has 2 aliphatic heterocycles. The number of rotatable bonds is 5. The molecule has 0 unspecified atom stereocenters. The molecule has 0 atom stereocenters. The van der Waals surface area contributed by atoms with Crippen LogP contribution in [0.5, 0.6) is 0 Å². The zero-order valence-electron chi connectivity index (χ0n) is 19.8. The largest absolute Gasteiger partial charge is 0.379 e. The van der Waals surface area contributed by atoms with Crippen LogP contribution < -0.4 is 10.2 Å². The Labute approximate surface area is 202 Å². The summed E-state index contributed by atoms with van der Waals surface area (Å²) in [5.74, 6) is 0.796. The highest BCUT2D eigenvalue weighted by atomic mass is 32.1. The van der Waals surface area contributed by atoms with Crippen molar-refractivity contribution in [3.63, 3.8) is 0 Å². The molecule has 2 saturated heterocycles. The molecule has 0 radical (unpaired) electrons. The average molecular weight is 467 g/mol. The Morgan fingerprint density at radius 3 is 2.76 bits per heavy atom. The van der Waals surface area contributed by atoms with Crippen LogP contribution in [0.4, 0.5) is 5.82 Å². The molecule has 3 heterocycles. The van der Waals surface area contributed by atoms with E-state index in [-0.39, 0.29) is 0 Å². The van der Waals surface area contributed by atoms with E-state index in [1.807, 2.05) is 6.07 Å². The van der Waals surface area contributed by atoms with Crippen LogP contribution in [0.25, 0.3) is 10.9 Å². The summed E-state index contributed by atoms with van der Waals surface area (Å²) < 4.78 is 5.41. The second kappa shape index (κ2) is 11.1. The molecule has 2 aromatic rings. The predicted molar refractivity (Wildman–Crippen MR) is 137 cm³/mol. The number of nitrogens with zero attached hydrogens (tertiary/aromatic N) is 5. The number of nitriles is 1. The molecule has 176 valence electrons. The highest BCUT2D eigenvalue weighted by Crippen LogP contribution is 2.27. The number of morpholine rings is 1. The molecule has 0 bridgehead atoms. The van der Waals surface area contributed by atoms with Gasteiger partial charge >= 0.3 is 0 Å². The Bertz CT molecular complexity index is 1030. The highest BCUT2D eigenvalue weighted by Gasteiger charge is 2.21. The molecule has 0 spiro atoms. The number of hydrogen-bond donors (Lipinski definition) is 1. The number of nitrogens with one attached hydrogen (secondary N) is 1. The Hall–Kier alpha value is -2.47. The zero-order valence-corrected chi connectivity index (χ0v) is 20.6. The Morgan fingerprint density at radius 2 is 1.97 bits per heavy atom. The van der Waals surface area contributed by atoms with Gasteiger partial charge in [-0.05, 0) is 62.6 Å². The standard InChI is InChI=1S/C25H34N6OS/c1-19-5-6-21-17-22(18-26)24(28-23(21)20(19)2)30-9-4-10-31(12-11-30)25(33)27-7-3-8-29-13-15-32-16-14-29/h5-6,17H,3-4,7-16H2,1-2H3,(H,27,33). The van der Waals surface area contributed by atoms with Crippen molar-refractivity contribution in [2.75, 3.05) is 70.5 Å². The van der Waals surface area contributed by atoms with E-state index in [0.717, 1.165) is 100 Å². The minimum Gasteiger partial charge on any atom is -0.379 e. The van der Waals surface area contributed by atoms with Crippen molar-refractivity contribution < 1.29 is 4.74 Å². The van der Waals surface area contributed by atoms with E-state index in [0.29, 0.717) is 5.56 Å². The van der Waals surface area contributed by atoms with Gasteiger partial charge < -0.3 is 19.9 Å². The summed E-state index contributed by atoms with van der Waals surface area (Å²) >= 11 is 5.70. The first-order valence-corrected chi connectivity index (χ1v) is 12.4. The van der Waals surface area contributed by atoms with E-state index in [1.54, 1.807) is 0 Å². The van der Waals surface area contributed by atoms with E-state index in [1.165, 1.54) is 11.1 Å². The van der Waals surface area contributed by atoms with Crippen LogP contribution >= 0.6 is 12.2 Å². The van der Waals surface area contributed by atoms with E-state index in [4.69, 9.17) is 21.9 Å². The van der Waals surface area contributed by atoms with Gasteiger partial charge in [0, 0.05) is 51.2 Å². The number of pyridine rings is 1. The van der Waals surface area contributed by atoms with Gasteiger partial charge in [-0.3, -0.25) is 4.90 Å². The third-order valence-corrected chi connectivity index (χ3v) is 7.13. The van der Waals surface area contributed by atoms with Gasteiger partial charge in [-0.25, -0.2) is 4.98 Å². The summed E-state index contributed by atoms with van der Waals surface area (Å²) in [6.07, 6.45) is 2.05. The fourth-order valence-electron chi connectivity index (χ4n) is 4.56. The van der Waals surface area contributed by atoms with E-state index in [2.05, 4.69) is 52.1 Å². The van der Waals surface area contributed by atoms with Crippen molar-refractivity contribution in [1.82, 2.24) is 20.1 Å². The van der Waals surface area contributed by atoms with Gasteiger partial charge in [0.15, 0.2) is 5.11 Å². The summed E-state index contributed by atoms with van der Waals surface area (Å²) in [6, 6.07) is 8.50. The summed E-state index contributed by atoms with van der Waals surface area (Å²) in [6.45, 7) is 13.3. The quantitative estimate of drug-likeness (QED) is 0.533. The number of anilines is 1. The fourth-order valence-corrected chi connectivity index (χ4v) is 4.85. The first kappa shape index (κ1) is 23.7. The lowest BCUT2D eigenvalue weighted by molar-refractivity contribution is 0.0376. The number of aryl methyl sites for hydroxylation is 2. The van der Waals surface area contributed by atoms with Crippen molar-refractivity contribution in [3.8, 4) is 6.07 Å². The third-order valence-electron chi connectivity index (χ3n) is 6.73. The molecule has 33 heavy (non-hydrogen) atoms. The number of benzene rings is 1. The maximum absolute atomic E-state index is 9.79. The SMILES string of the molecule is Cc1ccc2cc(C#N)c(N3CCCN(C(=S)NCCCN4CCOCC4)CC3)nc2c1C. The van der Waals surface area contributed by atoms with Crippen molar-refractivity contribution in [1.29, 1.82) is 5.26 Å². The maximum atomic E-state index is 9.79. The molecule has 0 amide bonds. The number of ether oxygens (including phenoxy) is 1. The summed E-state index contributed by atoms with van der Waals surface area (Å²) in [7, 11) is 0. The zero-order chi connectivity index (χ0) is 23.2. The van der Waals surface area contributed by atoms with E-state index >= 15 is 0 Å². The molecule has 1 N–H and O–H groups in total. The lowest BCUT2D eigenvalue weighted by Gasteiger charge is -2.27. The van der Waals surface area contributed by atoms with E-state index in [9.17, 15) is 5.26 Å². The molecular weight excluding hydrogens is 432 g/mol. The summed E-state index contributed by atoms with van der Waals surface area (Å²) in [4.78, 5) is 11.9. The number of hydrogen-bond acceptors (Lipinski definition) is 6. The topological polar surface area (TPSA) is 67.7 Å². The van der Waals surface area contributed by atoms with Gasteiger partial charge in [-0.2, -0.15) is 5.26 Å². The molecule has 0 aliphatic carbocycles. The van der Waals surface area contributed by atoms with Gasteiger partial charge in [0.2, 0.25) is 0 Å². The van der Waals surface area contributed by atoms with Crippen molar-refractivity contribution in [3.05, 3.63) is 34.9 Å². The predicted octanol–water partition coefficient (Wildman–Crippen LogP) is 2.83. The smallest absolute Gasteiger partial charge is 0.168 e. The van der Waals surface area contributed by atoms with Gasteiger partial charge in [-0.1, -0.05) is 12.1 Å². The van der Waals surface area contributed by atoms with Gasteiger partial charge in [0.1, 0.15) is 11.9 Å². The molecule has 4 rings (SSSR count). The average Bonchev–Trinajstić information content (AvgIpc) is 3.10. The summed E-state index contributed by atoms with van der Waals surface area (Å²) in [5, 5.41) is 15.1. The van der Waals surface area contributed by atoms with Gasteiger partial charge in [0.25, 0.3) is 0 Å². The van der Waals surface area contributed by atoms with Crippen molar-refractivity contribution >= 4 is 34.1 Å². The minimum absolute atomic E-state index is 0.642. The number of aromatic nitrogens is 1. The van der Waals surface area contributed by atoms with Crippen LogP contribution in [0.15, 0.2) is 18.2 Å². The number of thiocarbonyl (C=S) groups is 1. The van der Waals surface area contributed by atoms with Gasteiger partial charge in [0.05, 0.1) is 24.3 Å². The van der Waals surface area contributed by atoms with Crippen LogP contribution in [-0.2, 0) is 4.74 Å². The lowest BCUT2D eigenvalue weighted by atomic mass is 10.0.